The molecule has 0 bridgehead atoms. The molecule has 0 fully saturated rings. The van der Waals surface area contributed by atoms with E-state index in [4.69, 9.17) is 10.2 Å². The molecule has 0 aliphatic carbocycles. The Labute approximate surface area is 119 Å². The average molecular weight is 297 g/mol. The molecule has 0 aliphatic heterocycles. The number of likely N-dealkylation sites (N-methyl/N-ethyl adjacent to an activating group) is 1. The molecular formula is C14H19NO4S. The van der Waals surface area contributed by atoms with Crippen LogP contribution in [0.25, 0.3) is 0 Å². The largest absolute Gasteiger partial charge is 0.395 e. The first-order chi connectivity index (χ1) is 9.34. The van der Waals surface area contributed by atoms with Crippen LogP contribution >= 0.6 is 0 Å². The van der Waals surface area contributed by atoms with E-state index in [9.17, 15) is 8.42 Å². The molecule has 0 amide bonds. The monoisotopic (exact) mass is 297 g/mol. The topological polar surface area (TPSA) is 77.8 Å². The van der Waals surface area contributed by atoms with E-state index in [0.29, 0.717) is 5.56 Å². The number of aryl methyl sites for hydroxylation is 1. The van der Waals surface area contributed by atoms with Crippen LogP contribution in [-0.4, -0.2) is 49.2 Å². The Balaban J connectivity index is 3.18. The summed E-state index contributed by atoms with van der Waals surface area (Å²) in [6, 6.07) is 4.14. The van der Waals surface area contributed by atoms with Crippen molar-refractivity contribution in [1.29, 1.82) is 0 Å². The van der Waals surface area contributed by atoms with Gasteiger partial charge in [0.2, 0.25) is 10.0 Å². The Kier molecular flexibility index (Phi) is 5.72. The highest BCUT2D eigenvalue weighted by Gasteiger charge is 2.25. The van der Waals surface area contributed by atoms with E-state index in [1.54, 1.807) is 19.9 Å². The van der Waals surface area contributed by atoms with Crippen LogP contribution < -0.4 is 0 Å². The highest BCUT2D eigenvalue weighted by molar-refractivity contribution is 7.89. The minimum atomic E-state index is -3.63. The second kappa shape index (κ2) is 6.86. The number of rotatable bonds is 4. The third kappa shape index (κ3) is 3.58. The summed E-state index contributed by atoms with van der Waals surface area (Å²) < 4.78 is 25.8. The van der Waals surface area contributed by atoms with Gasteiger partial charge in [0, 0.05) is 18.7 Å². The highest BCUT2D eigenvalue weighted by Crippen LogP contribution is 2.19. The zero-order valence-electron chi connectivity index (χ0n) is 11.8. The van der Waals surface area contributed by atoms with Crippen molar-refractivity contribution in [2.45, 2.75) is 24.8 Å². The predicted octanol–water partition coefficient (Wildman–Crippen LogP) is 0.340. The second-order valence-corrected chi connectivity index (χ2v) is 6.49. The molecule has 110 valence electrons. The lowest BCUT2D eigenvalue weighted by atomic mass is 10.1. The molecule has 1 atom stereocenters. The molecule has 1 aromatic carbocycles. The van der Waals surface area contributed by atoms with Crippen molar-refractivity contribution in [3.05, 3.63) is 29.3 Å². The maximum Gasteiger partial charge on any atom is 0.243 e. The van der Waals surface area contributed by atoms with Crippen LogP contribution in [0.5, 0.6) is 0 Å². The molecule has 0 aromatic heterocycles. The van der Waals surface area contributed by atoms with Crippen LogP contribution in [-0.2, 0) is 10.0 Å². The van der Waals surface area contributed by atoms with E-state index in [0.717, 1.165) is 9.87 Å². The van der Waals surface area contributed by atoms with Crippen molar-refractivity contribution in [2.24, 2.45) is 0 Å². The molecule has 0 radical (unpaired) electrons. The summed E-state index contributed by atoms with van der Waals surface area (Å²) in [5.74, 6) is 5.28. The Morgan fingerprint density at radius 1 is 1.35 bits per heavy atom. The van der Waals surface area contributed by atoms with Crippen LogP contribution in [0.2, 0.25) is 0 Å². The van der Waals surface area contributed by atoms with Gasteiger partial charge in [-0.2, -0.15) is 4.31 Å². The number of hydrogen-bond donors (Lipinski definition) is 2. The van der Waals surface area contributed by atoms with Gasteiger partial charge >= 0.3 is 0 Å². The van der Waals surface area contributed by atoms with Gasteiger partial charge in [0.1, 0.15) is 6.61 Å². The van der Waals surface area contributed by atoms with Gasteiger partial charge in [-0.15, -0.1) is 0 Å². The van der Waals surface area contributed by atoms with Crippen molar-refractivity contribution in [3.8, 4) is 11.8 Å². The van der Waals surface area contributed by atoms with Gasteiger partial charge in [-0.05, 0) is 37.6 Å². The smallest absolute Gasteiger partial charge is 0.243 e. The van der Waals surface area contributed by atoms with Gasteiger partial charge in [0.05, 0.1) is 11.5 Å². The molecule has 0 saturated heterocycles. The Morgan fingerprint density at radius 3 is 2.50 bits per heavy atom. The second-order valence-electron chi connectivity index (χ2n) is 4.49. The van der Waals surface area contributed by atoms with E-state index in [1.807, 2.05) is 0 Å². The van der Waals surface area contributed by atoms with Crippen LogP contribution in [0.1, 0.15) is 18.1 Å². The Morgan fingerprint density at radius 2 is 2.00 bits per heavy atom. The van der Waals surface area contributed by atoms with Gasteiger partial charge in [0.15, 0.2) is 0 Å². The highest BCUT2D eigenvalue weighted by atomic mass is 32.2. The number of benzene rings is 1. The fourth-order valence-corrected chi connectivity index (χ4v) is 3.03. The molecule has 2 N–H and O–H groups in total. The van der Waals surface area contributed by atoms with Crippen molar-refractivity contribution < 1.29 is 18.6 Å². The number of sulfonamides is 1. The summed E-state index contributed by atoms with van der Waals surface area (Å²) >= 11 is 0. The molecule has 5 nitrogen and oxygen atoms in total. The third-order valence-corrected chi connectivity index (χ3v) is 5.03. The molecule has 1 rings (SSSR count). The summed E-state index contributed by atoms with van der Waals surface area (Å²) in [5, 5.41) is 17.7. The number of nitrogens with zero attached hydrogens (tertiary/aromatic N) is 1. The molecule has 20 heavy (non-hydrogen) atoms. The molecule has 0 spiro atoms. The first kappa shape index (κ1) is 16.7. The van der Waals surface area contributed by atoms with Gasteiger partial charge in [-0.25, -0.2) is 8.42 Å². The van der Waals surface area contributed by atoms with Crippen molar-refractivity contribution >= 4 is 10.0 Å². The summed E-state index contributed by atoms with van der Waals surface area (Å²) in [6.45, 7) is 2.91. The Bertz CT molecular complexity index is 628. The summed E-state index contributed by atoms with van der Waals surface area (Å²) in [5.41, 5.74) is 1.40. The SMILES string of the molecule is Cc1cc(S(=O)(=O)N(C)C(C)CO)ccc1C#CCO. The predicted molar refractivity (Wildman–Crippen MR) is 76.6 cm³/mol. The third-order valence-electron chi connectivity index (χ3n) is 3.06. The minimum absolute atomic E-state index is 0.160. The van der Waals surface area contributed by atoms with Crippen molar-refractivity contribution in [2.75, 3.05) is 20.3 Å². The van der Waals surface area contributed by atoms with E-state index in [-0.39, 0.29) is 18.1 Å². The lowest BCUT2D eigenvalue weighted by molar-refractivity contribution is 0.214. The van der Waals surface area contributed by atoms with Crippen molar-refractivity contribution in [3.63, 3.8) is 0 Å². The van der Waals surface area contributed by atoms with Crippen LogP contribution in [0.4, 0.5) is 0 Å². The van der Waals surface area contributed by atoms with Gasteiger partial charge in [-0.3, -0.25) is 0 Å². The fraction of sp³-hybridized carbons (Fsp3) is 0.429. The van der Waals surface area contributed by atoms with Gasteiger partial charge < -0.3 is 10.2 Å². The lowest BCUT2D eigenvalue weighted by Gasteiger charge is -2.22. The maximum absolute atomic E-state index is 12.3. The van der Waals surface area contributed by atoms with E-state index in [1.165, 1.54) is 19.2 Å². The molecule has 0 saturated carbocycles. The fourth-order valence-electron chi connectivity index (χ4n) is 1.59. The standard InChI is InChI=1S/C14H19NO4S/c1-11-9-14(7-6-13(11)5-4-8-16)20(18,19)15(3)12(2)10-17/h6-7,9,12,16-17H,8,10H2,1-3H3. The first-order valence-corrected chi connectivity index (χ1v) is 7.58. The Hall–Kier alpha value is -1.39. The minimum Gasteiger partial charge on any atom is -0.395 e. The van der Waals surface area contributed by atoms with E-state index >= 15 is 0 Å². The zero-order chi connectivity index (χ0) is 15.3. The molecule has 0 aliphatic rings. The lowest BCUT2D eigenvalue weighted by Crippen LogP contribution is -2.37. The van der Waals surface area contributed by atoms with Crippen LogP contribution in [0.15, 0.2) is 23.1 Å². The molecule has 6 heteroatoms. The summed E-state index contributed by atoms with van der Waals surface area (Å²) in [7, 11) is -2.20. The van der Waals surface area contributed by atoms with Crippen molar-refractivity contribution in [1.82, 2.24) is 4.31 Å². The zero-order valence-corrected chi connectivity index (χ0v) is 12.6. The summed E-state index contributed by atoms with van der Waals surface area (Å²) in [4.78, 5) is 0.160. The maximum atomic E-state index is 12.3. The molecule has 1 aromatic rings. The normalized spacial score (nSPS) is 12.9. The van der Waals surface area contributed by atoms with E-state index < -0.39 is 16.1 Å². The summed E-state index contributed by atoms with van der Waals surface area (Å²) in [6.07, 6.45) is 0. The van der Waals surface area contributed by atoms with Crippen LogP contribution in [0, 0.1) is 18.8 Å². The number of aliphatic hydroxyl groups is 2. The molecular weight excluding hydrogens is 278 g/mol. The van der Waals surface area contributed by atoms with Gasteiger partial charge in [-0.1, -0.05) is 11.8 Å². The number of hydrogen-bond acceptors (Lipinski definition) is 4. The number of aliphatic hydroxyl groups excluding tert-OH is 2. The van der Waals surface area contributed by atoms with E-state index in [2.05, 4.69) is 11.8 Å². The quantitative estimate of drug-likeness (QED) is 0.786. The van der Waals surface area contributed by atoms with Gasteiger partial charge in [0.25, 0.3) is 0 Å². The average Bonchev–Trinajstić information content (AvgIpc) is 2.44. The van der Waals surface area contributed by atoms with Crippen LogP contribution in [0.3, 0.4) is 0 Å². The first-order valence-electron chi connectivity index (χ1n) is 6.14. The molecule has 0 heterocycles. The molecule has 1 unspecified atom stereocenters.